The molecule has 0 rings (SSSR count). The monoisotopic (exact) mass is 345 g/mol. The fraction of sp³-hybridized carbons (Fsp3) is 1.00. The molecule has 23 heavy (non-hydrogen) atoms. The second kappa shape index (κ2) is 15.8. The molecule has 1 unspecified atom stereocenters. The molecule has 0 heterocycles. The van der Waals surface area contributed by atoms with Gasteiger partial charge in [0, 0.05) is 4.87 Å². The molecule has 140 valence electrons. The van der Waals surface area contributed by atoms with Crippen LogP contribution >= 0.6 is 11.6 Å². The van der Waals surface area contributed by atoms with Gasteiger partial charge >= 0.3 is 0 Å². The summed E-state index contributed by atoms with van der Waals surface area (Å²) in [5.74, 6) is 0.621. The Hall–Kier alpha value is 0.250. The van der Waals surface area contributed by atoms with E-state index in [0.717, 1.165) is 13.0 Å². The van der Waals surface area contributed by atoms with Gasteiger partial charge in [0.05, 0.1) is 0 Å². The number of rotatable bonds is 17. The van der Waals surface area contributed by atoms with Gasteiger partial charge in [0.2, 0.25) is 0 Å². The quantitative estimate of drug-likeness (QED) is 0.215. The highest BCUT2D eigenvalue weighted by Crippen LogP contribution is 2.32. The Morgan fingerprint density at radius 3 is 1.48 bits per heavy atom. The predicted molar refractivity (Wildman–Crippen MR) is 107 cm³/mol. The van der Waals surface area contributed by atoms with Crippen molar-refractivity contribution in [3.05, 3.63) is 0 Å². The van der Waals surface area contributed by atoms with Gasteiger partial charge in [0.25, 0.3) is 0 Å². The first-order valence-electron chi connectivity index (χ1n) is 10.4. The maximum Gasteiger partial charge on any atom is 0.0418 e. The van der Waals surface area contributed by atoms with Gasteiger partial charge < -0.3 is 5.73 Å². The molecule has 0 bridgehead atoms. The molecule has 0 radical (unpaired) electrons. The highest BCUT2D eigenvalue weighted by Gasteiger charge is 2.25. The number of nitrogens with two attached hydrogens (primary N) is 1. The first-order valence-corrected chi connectivity index (χ1v) is 10.8. The van der Waals surface area contributed by atoms with Crippen LogP contribution in [0.2, 0.25) is 0 Å². The molecule has 0 saturated carbocycles. The SMILES string of the molecule is CCCCCCCCCCCCCCC(CCCN)C(C)(C)Cl. The zero-order valence-corrected chi connectivity index (χ0v) is 17.1. The minimum absolute atomic E-state index is 0.0764. The van der Waals surface area contributed by atoms with Crippen molar-refractivity contribution in [2.45, 2.75) is 122 Å². The van der Waals surface area contributed by atoms with Crippen molar-refractivity contribution in [3.63, 3.8) is 0 Å². The van der Waals surface area contributed by atoms with Crippen molar-refractivity contribution in [2.24, 2.45) is 11.7 Å². The third-order valence-electron chi connectivity index (χ3n) is 5.13. The summed E-state index contributed by atoms with van der Waals surface area (Å²) in [6.45, 7) is 7.41. The zero-order valence-electron chi connectivity index (χ0n) is 16.3. The molecule has 0 spiro atoms. The van der Waals surface area contributed by atoms with E-state index in [1.54, 1.807) is 0 Å². The highest BCUT2D eigenvalue weighted by atomic mass is 35.5. The van der Waals surface area contributed by atoms with Gasteiger partial charge in [0.1, 0.15) is 0 Å². The summed E-state index contributed by atoms with van der Waals surface area (Å²) in [5, 5.41) is 0. The van der Waals surface area contributed by atoms with E-state index in [1.165, 1.54) is 89.9 Å². The number of hydrogen-bond acceptors (Lipinski definition) is 1. The van der Waals surface area contributed by atoms with Gasteiger partial charge in [-0.05, 0) is 45.6 Å². The molecule has 0 aromatic heterocycles. The van der Waals surface area contributed by atoms with E-state index in [2.05, 4.69) is 20.8 Å². The van der Waals surface area contributed by atoms with Crippen molar-refractivity contribution in [1.29, 1.82) is 0 Å². The van der Waals surface area contributed by atoms with Gasteiger partial charge in [-0.3, -0.25) is 0 Å². The second-order valence-corrected chi connectivity index (χ2v) is 8.84. The number of unbranched alkanes of at least 4 members (excludes halogenated alkanes) is 11. The Bertz CT molecular complexity index is 234. The Labute approximate surface area is 152 Å². The fourth-order valence-electron chi connectivity index (χ4n) is 3.43. The van der Waals surface area contributed by atoms with Crippen LogP contribution in [0.1, 0.15) is 117 Å². The van der Waals surface area contributed by atoms with Gasteiger partial charge in [-0.15, -0.1) is 11.6 Å². The Balaban J connectivity index is 3.42. The third kappa shape index (κ3) is 15.5. The first kappa shape index (κ1) is 23.2. The summed E-state index contributed by atoms with van der Waals surface area (Å²) in [4.78, 5) is -0.0764. The number of alkyl halides is 1. The molecule has 0 amide bonds. The first-order chi connectivity index (χ1) is 11.0. The van der Waals surface area contributed by atoms with E-state index in [9.17, 15) is 0 Å². The van der Waals surface area contributed by atoms with Crippen LogP contribution in [-0.2, 0) is 0 Å². The van der Waals surface area contributed by atoms with Crippen LogP contribution in [0.4, 0.5) is 0 Å². The lowest BCUT2D eigenvalue weighted by molar-refractivity contribution is 0.341. The Morgan fingerprint density at radius 1 is 0.696 bits per heavy atom. The number of halogens is 1. The van der Waals surface area contributed by atoms with Crippen molar-refractivity contribution in [3.8, 4) is 0 Å². The predicted octanol–water partition coefficient (Wildman–Crippen LogP) is 7.45. The van der Waals surface area contributed by atoms with E-state index in [1.807, 2.05) is 0 Å². The molecule has 0 aliphatic heterocycles. The molecule has 2 heteroatoms. The van der Waals surface area contributed by atoms with Gasteiger partial charge in [-0.1, -0.05) is 84.0 Å². The van der Waals surface area contributed by atoms with Crippen molar-refractivity contribution in [2.75, 3.05) is 6.54 Å². The number of hydrogen-bond donors (Lipinski definition) is 1. The van der Waals surface area contributed by atoms with Crippen molar-refractivity contribution in [1.82, 2.24) is 0 Å². The molecule has 0 aromatic rings. The van der Waals surface area contributed by atoms with E-state index in [4.69, 9.17) is 17.3 Å². The molecular weight excluding hydrogens is 302 g/mol. The van der Waals surface area contributed by atoms with Crippen molar-refractivity contribution < 1.29 is 0 Å². The minimum atomic E-state index is -0.0764. The summed E-state index contributed by atoms with van der Waals surface area (Å²) >= 11 is 6.54. The van der Waals surface area contributed by atoms with Crippen LogP contribution in [0.15, 0.2) is 0 Å². The maximum atomic E-state index is 6.54. The molecule has 0 aromatic carbocycles. The Morgan fingerprint density at radius 2 is 1.09 bits per heavy atom. The largest absolute Gasteiger partial charge is 0.330 e. The summed E-state index contributed by atoms with van der Waals surface area (Å²) in [6, 6.07) is 0. The molecular formula is C21H44ClN. The summed E-state index contributed by atoms with van der Waals surface area (Å²) in [5.41, 5.74) is 5.65. The normalized spacial score (nSPS) is 13.4. The highest BCUT2D eigenvalue weighted by molar-refractivity contribution is 6.23. The molecule has 1 nitrogen and oxygen atoms in total. The molecule has 0 saturated heterocycles. The van der Waals surface area contributed by atoms with Gasteiger partial charge in [0.15, 0.2) is 0 Å². The van der Waals surface area contributed by atoms with E-state index in [-0.39, 0.29) is 4.87 Å². The molecule has 0 aliphatic carbocycles. The lowest BCUT2D eigenvalue weighted by Crippen LogP contribution is -2.25. The van der Waals surface area contributed by atoms with Gasteiger partial charge in [-0.2, -0.15) is 0 Å². The fourth-order valence-corrected chi connectivity index (χ4v) is 3.64. The lowest BCUT2D eigenvalue weighted by Gasteiger charge is -2.28. The van der Waals surface area contributed by atoms with Crippen LogP contribution in [-0.4, -0.2) is 11.4 Å². The zero-order chi connectivity index (χ0) is 17.4. The van der Waals surface area contributed by atoms with Crippen LogP contribution in [0.25, 0.3) is 0 Å². The lowest BCUT2D eigenvalue weighted by atomic mass is 9.85. The van der Waals surface area contributed by atoms with Crippen LogP contribution in [0.5, 0.6) is 0 Å². The second-order valence-electron chi connectivity index (χ2n) is 7.87. The summed E-state index contributed by atoms with van der Waals surface area (Å²) in [7, 11) is 0. The summed E-state index contributed by atoms with van der Waals surface area (Å²) in [6.07, 6.45) is 20.6. The molecule has 1 atom stereocenters. The van der Waals surface area contributed by atoms with Crippen LogP contribution < -0.4 is 5.73 Å². The summed E-state index contributed by atoms with van der Waals surface area (Å²) < 4.78 is 0. The average molecular weight is 346 g/mol. The van der Waals surface area contributed by atoms with E-state index >= 15 is 0 Å². The van der Waals surface area contributed by atoms with Crippen LogP contribution in [0, 0.1) is 5.92 Å². The average Bonchev–Trinajstić information content (AvgIpc) is 2.50. The smallest absolute Gasteiger partial charge is 0.0418 e. The molecule has 2 N–H and O–H groups in total. The molecule has 0 fully saturated rings. The van der Waals surface area contributed by atoms with Gasteiger partial charge in [-0.25, -0.2) is 0 Å². The minimum Gasteiger partial charge on any atom is -0.330 e. The topological polar surface area (TPSA) is 26.0 Å². The van der Waals surface area contributed by atoms with E-state index in [0.29, 0.717) is 5.92 Å². The van der Waals surface area contributed by atoms with Crippen LogP contribution in [0.3, 0.4) is 0 Å². The third-order valence-corrected chi connectivity index (χ3v) is 5.44. The maximum absolute atomic E-state index is 6.54. The van der Waals surface area contributed by atoms with Crippen molar-refractivity contribution >= 4 is 11.6 Å². The van der Waals surface area contributed by atoms with E-state index < -0.39 is 0 Å². The molecule has 0 aliphatic rings. The standard InChI is InChI=1S/C21H44ClN/c1-4-5-6-7-8-9-10-11-12-13-14-15-17-20(18-16-19-23)21(2,3)22/h20H,4-19,23H2,1-3H3. The Kier molecular flexibility index (Phi) is 15.9.